The zero-order valence-corrected chi connectivity index (χ0v) is 11.1. The van der Waals surface area contributed by atoms with Crippen molar-refractivity contribution in [2.45, 2.75) is 12.1 Å². The van der Waals surface area contributed by atoms with Gasteiger partial charge in [-0.25, -0.2) is 14.1 Å². The van der Waals surface area contributed by atoms with E-state index in [9.17, 15) is 9.50 Å². The van der Waals surface area contributed by atoms with Gasteiger partial charge >= 0.3 is 0 Å². The maximum atomic E-state index is 13.1. The van der Waals surface area contributed by atoms with Crippen LogP contribution in [0.2, 0.25) is 0 Å². The smallest absolute Gasteiger partial charge is 0.151 e. The Morgan fingerprint density at radius 3 is 2.57 bits per heavy atom. The topological polar surface area (TPSA) is 63.8 Å². The molecule has 0 bridgehead atoms. The summed E-state index contributed by atoms with van der Waals surface area (Å²) in [4.78, 5) is 8.09. The van der Waals surface area contributed by atoms with Gasteiger partial charge in [-0.1, -0.05) is 18.2 Å². The molecule has 1 atom stereocenters. The predicted molar refractivity (Wildman–Crippen MR) is 73.7 cm³/mol. The highest BCUT2D eigenvalue weighted by Crippen LogP contribution is 2.29. The van der Waals surface area contributed by atoms with Crippen molar-refractivity contribution in [2.24, 2.45) is 0 Å². The van der Waals surface area contributed by atoms with Crippen molar-refractivity contribution in [2.75, 3.05) is 0 Å². The zero-order chi connectivity index (χ0) is 14.7. The second kappa shape index (κ2) is 5.41. The zero-order valence-electron chi connectivity index (χ0n) is 11.1. The number of rotatable bonds is 4. The molecule has 3 aromatic rings. The fourth-order valence-corrected chi connectivity index (χ4v) is 2.20. The van der Waals surface area contributed by atoms with Crippen molar-refractivity contribution >= 4 is 0 Å². The minimum atomic E-state index is -1.41. The molecule has 0 unspecified atom stereocenters. The summed E-state index contributed by atoms with van der Waals surface area (Å²) in [6, 6.07) is 11.0. The standard InChI is InChI=1S/C15H13FN4O/c16-13-6-4-12(5-7-13)15(21,9-20-11-17-10-19-20)14-3-1-2-8-18-14/h1-8,10-11,21H,9H2/t15-/m0/s1. The van der Waals surface area contributed by atoms with E-state index in [-0.39, 0.29) is 12.4 Å². The number of aliphatic hydroxyl groups is 1. The molecule has 0 spiro atoms. The van der Waals surface area contributed by atoms with Crippen molar-refractivity contribution in [3.05, 3.63) is 78.4 Å². The summed E-state index contributed by atoms with van der Waals surface area (Å²) < 4.78 is 14.6. The van der Waals surface area contributed by atoms with Crippen LogP contribution in [-0.2, 0) is 12.1 Å². The van der Waals surface area contributed by atoms with E-state index in [1.54, 1.807) is 36.5 Å². The van der Waals surface area contributed by atoms with Gasteiger partial charge in [0.15, 0.2) is 5.60 Å². The van der Waals surface area contributed by atoms with Gasteiger partial charge in [0.2, 0.25) is 0 Å². The minimum absolute atomic E-state index is 0.135. The second-order valence-electron chi connectivity index (χ2n) is 4.68. The van der Waals surface area contributed by atoms with E-state index in [1.165, 1.54) is 29.5 Å². The maximum Gasteiger partial charge on any atom is 0.151 e. The van der Waals surface area contributed by atoms with Gasteiger partial charge in [0.1, 0.15) is 18.5 Å². The van der Waals surface area contributed by atoms with E-state index in [4.69, 9.17) is 0 Å². The lowest BCUT2D eigenvalue weighted by Crippen LogP contribution is -2.34. The number of pyridine rings is 1. The van der Waals surface area contributed by atoms with Crippen molar-refractivity contribution in [3.63, 3.8) is 0 Å². The number of nitrogens with zero attached hydrogens (tertiary/aromatic N) is 4. The monoisotopic (exact) mass is 284 g/mol. The SMILES string of the molecule is O[C@@](Cn1cncn1)(c1ccc(F)cc1)c1ccccn1. The average Bonchev–Trinajstić information content (AvgIpc) is 3.01. The van der Waals surface area contributed by atoms with Crippen molar-refractivity contribution in [3.8, 4) is 0 Å². The summed E-state index contributed by atoms with van der Waals surface area (Å²) in [6.45, 7) is 0.135. The summed E-state index contributed by atoms with van der Waals surface area (Å²) in [5.41, 5.74) is -0.409. The van der Waals surface area contributed by atoms with Crippen molar-refractivity contribution < 1.29 is 9.50 Å². The van der Waals surface area contributed by atoms with Crippen LogP contribution >= 0.6 is 0 Å². The first-order valence-corrected chi connectivity index (χ1v) is 6.41. The largest absolute Gasteiger partial charge is 0.377 e. The third-order valence-corrected chi connectivity index (χ3v) is 3.27. The number of benzene rings is 1. The van der Waals surface area contributed by atoms with E-state index >= 15 is 0 Å². The summed E-state index contributed by atoms with van der Waals surface area (Å²) in [5, 5.41) is 15.2. The van der Waals surface area contributed by atoms with Crippen LogP contribution < -0.4 is 0 Å². The Kier molecular flexibility index (Phi) is 3.45. The minimum Gasteiger partial charge on any atom is -0.377 e. The highest BCUT2D eigenvalue weighted by molar-refractivity contribution is 5.32. The molecule has 0 aliphatic carbocycles. The van der Waals surface area contributed by atoms with Crippen LogP contribution in [0, 0.1) is 5.82 Å². The first-order valence-electron chi connectivity index (χ1n) is 6.41. The van der Waals surface area contributed by atoms with Crippen LogP contribution in [0.15, 0.2) is 61.3 Å². The molecule has 6 heteroatoms. The number of hydrogen-bond donors (Lipinski definition) is 1. The van der Waals surface area contributed by atoms with Gasteiger partial charge in [-0.05, 0) is 29.8 Å². The van der Waals surface area contributed by atoms with Crippen LogP contribution in [0.1, 0.15) is 11.3 Å². The van der Waals surface area contributed by atoms with E-state index in [0.29, 0.717) is 11.3 Å². The fourth-order valence-electron chi connectivity index (χ4n) is 2.20. The number of aromatic nitrogens is 4. The molecule has 0 saturated heterocycles. The lowest BCUT2D eigenvalue weighted by Gasteiger charge is -2.28. The molecular formula is C15H13FN4O. The van der Waals surface area contributed by atoms with Crippen LogP contribution in [0.25, 0.3) is 0 Å². The Morgan fingerprint density at radius 2 is 1.95 bits per heavy atom. The maximum absolute atomic E-state index is 13.1. The molecule has 5 nitrogen and oxygen atoms in total. The lowest BCUT2D eigenvalue weighted by molar-refractivity contribution is 0.0528. The molecule has 0 aliphatic rings. The van der Waals surface area contributed by atoms with Crippen LogP contribution in [0.4, 0.5) is 4.39 Å². The molecule has 0 aliphatic heterocycles. The quantitative estimate of drug-likeness (QED) is 0.792. The Labute approximate surface area is 120 Å². The van der Waals surface area contributed by atoms with Gasteiger partial charge in [-0.15, -0.1) is 0 Å². The summed E-state index contributed by atoms with van der Waals surface area (Å²) >= 11 is 0. The highest BCUT2D eigenvalue weighted by atomic mass is 19.1. The molecular weight excluding hydrogens is 271 g/mol. The number of hydrogen-bond acceptors (Lipinski definition) is 4. The van der Waals surface area contributed by atoms with Gasteiger partial charge < -0.3 is 5.11 Å². The van der Waals surface area contributed by atoms with Crippen molar-refractivity contribution in [1.29, 1.82) is 0 Å². The number of halogens is 1. The van der Waals surface area contributed by atoms with Gasteiger partial charge in [-0.2, -0.15) is 5.10 Å². The van der Waals surface area contributed by atoms with Crippen molar-refractivity contribution in [1.82, 2.24) is 19.7 Å². The third kappa shape index (κ3) is 2.66. The van der Waals surface area contributed by atoms with Gasteiger partial charge in [0.25, 0.3) is 0 Å². The Morgan fingerprint density at radius 1 is 1.14 bits per heavy atom. The summed E-state index contributed by atoms with van der Waals surface area (Å²) in [5.74, 6) is -0.358. The highest BCUT2D eigenvalue weighted by Gasteiger charge is 2.34. The molecule has 0 amide bonds. The van der Waals surface area contributed by atoms with Gasteiger partial charge in [0, 0.05) is 6.20 Å². The van der Waals surface area contributed by atoms with Crippen LogP contribution in [-0.4, -0.2) is 24.9 Å². The van der Waals surface area contributed by atoms with Crippen LogP contribution in [0.3, 0.4) is 0 Å². The average molecular weight is 284 g/mol. The van der Waals surface area contributed by atoms with Gasteiger partial charge in [-0.3, -0.25) is 4.98 Å². The third-order valence-electron chi connectivity index (χ3n) is 3.27. The lowest BCUT2D eigenvalue weighted by atomic mass is 9.89. The van der Waals surface area contributed by atoms with E-state index < -0.39 is 5.60 Å². The van der Waals surface area contributed by atoms with Crippen LogP contribution in [0.5, 0.6) is 0 Å². The Balaban J connectivity index is 2.08. The van der Waals surface area contributed by atoms with E-state index in [2.05, 4.69) is 15.1 Å². The first kappa shape index (κ1) is 13.4. The molecule has 21 heavy (non-hydrogen) atoms. The molecule has 0 radical (unpaired) electrons. The Hall–Kier alpha value is -2.60. The Bertz CT molecular complexity index is 700. The molecule has 106 valence electrons. The second-order valence-corrected chi connectivity index (χ2v) is 4.68. The van der Waals surface area contributed by atoms with E-state index in [0.717, 1.165) is 0 Å². The molecule has 2 aromatic heterocycles. The molecule has 1 aromatic carbocycles. The van der Waals surface area contributed by atoms with E-state index in [1.807, 2.05) is 0 Å². The fraction of sp³-hybridized carbons (Fsp3) is 0.133. The summed E-state index contributed by atoms with van der Waals surface area (Å²) in [6.07, 6.45) is 4.51. The predicted octanol–water partition coefficient (Wildman–Crippen LogP) is 1.75. The molecule has 1 N–H and O–H groups in total. The first-order chi connectivity index (χ1) is 10.2. The van der Waals surface area contributed by atoms with Gasteiger partial charge in [0.05, 0.1) is 12.2 Å². The molecule has 2 heterocycles. The molecule has 3 rings (SSSR count). The summed E-state index contributed by atoms with van der Waals surface area (Å²) in [7, 11) is 0. The molecule has 0 fully saturated rings. The normalized spacial score (nSPS) is 13.8. The molecule has 0 saturated carbocycles.